The molecule has 3 aliphatic heterocycles. The van der Waals surface area contributed by atoms with Gasteiger partial charge in [-0.25, -0.2) is 4.79 Å². The number of carbonyl (C=O) groups excluding carboxylic acids is 1. The molecule has 0 spiro atoms. The van der Waals surface area contributed by atoms with Gasteiger partial charge in [-0.15, -0.1) is 0 Å². The predicted molar refractivity (Wildman–Crippen MR) is 96.8 cm³/mol. The number of rotatable bonds is 5. The minimum atomic E-state index is -1.09. The van der Waals surface area contributed by atoms with Crippen LogP contribution in [-0.2, 0) is 16.0 Å². The number of amidine groups is 1. The van der Waals surface area contributed by atoms with E-state index in [1.54, 1.807) is 13.1 Å². The first-order valence-electron chi connectivity index (χ1n) is 9.12. The molecule has 8 nitrogen and oxygen atoms in total. The van der Waals surface area contributed by atoms with Gasteiger partial charge in [-0.2, -0.15) is 0 Å². The van der Waals surface area contributed by atoms with Gasteiger partial charge in [0.1, 0.15) is 11.5 Å². The largest absolute Gasteiger partial charge is 0.477 e. The van der Waals surface area contributed by atoms with Crippen molar-refractivity contribution in [2.24, 2.45) is 16.8 Å². The highest BCUT2D eigenvalue weighted by atomic mass is 16.4. The standard InChI is InChI=1S/C19H22N4O4/c1-10(24)16-14-7-13(17(19(26)27)23(14)18(16)25)11-8-21-15(22-9-11)6-12-4-2-3-5-20-12/h2-5,10-11,14,16,24H,6-9H2,1H3,(H,21,22)(H,26,27)/t10-,14-,16-/m1/s1. The number of aromatic nitrogens is 1. The van der Waals surface area contributed by atoms with Crippen molar-refractivity contribution in [1.82, 2.24) is 15.2 Å². The Bertz CT molecular complexity index is 833. The van der Waals surface area contributed by atoms with Crippen molar-refractivity contribution in [3.8, 4) is 0 Å². The van der Waals surface area contributed by atoms with Crippen LogP contribution in [0.15, 0.2) is 40.7 Å². The van der Waals surface area contributed by atoms with Gasteiger partial charge in [0.2, 0.25) is 5.91 Å². The van der Waals surface area contributed by atoms with Gasteiger partial charge in [-0.1, -0.05) is 6.07 Å². The number of nitrogens with zero attached hydrogens (tertiary/aromatic N) is 3. The number of carboxylic acid groups (broad SMARTS) is 1. The Hall–Kier alpha value is -2.74. The van der Waals surface area contributed by atoms with Crippen LogP contribution < -0.4 is 5.32 Å². The Balaban J connectivity index is 1.51. The smallest absolute Gasteiger partial charge is 0.352 e. The van der Waals surface area contributed by atoms with Crippen LogP contribution in [0.2, 0.25) is 0 Å². The van der Waals surface area contributed by atoms with Crippen molar-refractivity contribution < 1.29 is 19.8 Å². The van der Waals surface area contributed by atoms with Gasteiger partial charge in [0.05, 0.1) is 18.1 Å². The Morgan fingerprint density at radius 1 is 1.44 bits per heavy atom. The average Bonchev–Trinajstić information content (AvgIpc) is 2.98. The molecule has 0 radical (unpaired) electrons. The number of hydrogen-bond donors (Lipinski definition) is 3. The molecule has 142 valence electrons. The number of amides is 1. The summed E-state index contributed by atoms with van der Waals surface area (Å²) in [5.74, 6) is -1.14. The van der Waals surface area contributed by atoms with Crippen molar-refractivity contribution in [2.45, 2.75) is 31.9 Å². The fourth-order valence-electron chi connectivity index (χ4n) is 4.27. The zero-order chi connectivity index (χ0) is 19.1. The van der Waals surface area contributed by atoms with Gasteiger partial charge in [-0.3, -0.25) is 14.8 Å². The molecule has 1 aromatic rings. The molecule has 0 aromatic carbocycles. The van der Waals surface area contributed by atoms with E-state index in [1.807, 2.05) is 18.2 Å². The quantitative estimate of drug-likeness (QED) is 0.638. The average molecular weight is 370 g/mol. The van der Waals surface area contributed by atoms with Crippen LogP contribution in [-0.4, -0.2) is 63.0 Å². The lowest BCUT2D eigenvalue weighted by molar-refractivity contribution is -0.161. The molecule has 4 rings (SSSR count). The third kappa shape index (κ3) is 2.99. The summed E-state index contributed by atoms with van der Waals surface area (Å²) in [4.78, 5) is 34.3. The third-order valence-corrected chi connectivity index (χ3v) is 5.59. The fourth-order valence-corrected chi connectivity index (χ4v) is 4.27. The molecule has 1 fully saturated rings. The molecule has 1 saturated heterocycles. The van der Waals surface area contributed by atoms with Crippen molar-refractivity contribution in [3.05, 3.63) is 41.4 Å². The van der Waals surface area contributed by atoms with E-state index in [1.165, 1.54) is 4.90 Å². The maximum Gasteiger partial charge on any atom is 0.352 e. The molecule has 0 aliphatic carbocycles. The topological polar surface area (TPSA) is 115 Å². The molecule has 4 heterocycles. The fraction of sp³-hybridized carbons (Fsp3) is 0.474. The Morgan fingerprint density at radius 3 is 2.85 bits per heavy atom. The van der Waals surface area contributed by atoms with E-state index in [0.717, 1.165) is 17.1 Å². The molecule has 1 amide bonds. The van der Waals surface area contributed by atoms with Gasteiger partial charge in [0.15, 0.2) is 0 Å². The molecular formula is C19H22N4O4. The molecule has 1 aromatic heterocycles. The zero-order valence-corrected chi connectivity index (χ0v) is 15.0. The van der Waals surface area contributed by atoms with E-state index >= 15 is 0 Å². The van der Waals surface area contributed by atoms with E-state index in [-0.39, 0.29) is 23.6 Å². The van der Waals surface area contributed by atoms with E-state index in [0.29, 0.717) is 25.9 Å². The summed E-state index contributed by atoms with van der Waals surface area (Å²) < 4.78 is 0. The predicted octanol–water partition coefficient (Wildman–Crippen LogP) is 0.192. The van der Waals surface area contributed by atoms with Crippen molar-refractivity contribution in [1.29, 1.82) is 0 Å². The van der Waals surface area contributed by atoms with Gasteiger partial charge in [-0.05, 0) is 31.1 Å². The number of nitrogens with one attached hydrogen (secondary N) is 1. The number of aliphatic carboxylic acids is 1. The number of aliphatic hydroxyl groups is 1. The highest BCUT2D eigenvalue weighted by molar-refractivity contribution is 5.99. The SMILES string of the molecule is C[C@@H](O)[C@H]1C(=O)N2C(C(=O)O)=C(C3CN=C(Cc4ccccn4)NC3)C[C@H]12. The number of pyridine rings is 1. The summed E-state index contributed by atoms with van der Waals surface area (Å²) in [5, 5.41) is 22.8. The number of aliphatic imine (C=N–C) groups is 1. The molecular weight excluding hydrogens is 348 g/mol. The maximum atomic E-state index is 12.3. The van der Waals surface area contributed by atoms with Gasteiger partial charge < -0.3 is 20.4 Å². The molecule has 1 unspecified atom stereocenters. The normalized spacial score (nSPS) is 28.2. The molecule has 3 aliphatic rings. The van der Waals surface area contributed by atoms with Gasteiger partial charge in [0.25, 0.3) is 0 Å². The third-order valence-electron chi connectivity index (χ3n) is 5.59. The molecule has 0 saturated carbocycles. The zero-order valence-electron chi connectivity index (χ0n) is 15.0. The summed E-state index contributed by atoms with van der Waals surface area (Å²) in [6, 6.07) is 5.47. The van der Waals surface area contributed by atoms with E-state index < -0.39 is 18.0 Å². The Labute approximate surface area is 156 Å². The minimum Gasteiger partial charge on any atom is -0.477 e. The maximum absolute atomic E-state index is 12.3. The lowest BCUT2D eigenvalue weighted by Gasteiger charge is -2.44. The monoisotopic (exact) mass is 370 g/mol. The highest BCUT2D eigenvalue weighted by Gasteiger charge is 2.57. The van der Waals surface area contributed by atoms with E-state index in [4.69, 9.17) is 0 Å². The van der Waals surface area contributed by atoms with Crippen molar-refractivity contribution in [2.75, 3.05) is 13.1 Å². The first-order valence-corrected chi connectivity index (χ1v) is 9.12. The minimum absolute atomic E-state index is 0.0726. The molecule has 3 N–H and O–H groups in total. The summed E-state index contributed by atoms with van der Waals surface area (Å²) in [6.07, 6.45) is 2.06. The first kappa shape index (κ1) is 17.7. The highest BCUT2D eigenvalue weighted by Crippen LogP contribution is 2.45. The second-order valence-corrected chi connectivity index (χ2v) is 7.29. The lowest BCUT2D eigenvalue weighted by atomic mass is 9.82. The van der Waals surface area contributed by atoms with Crippen LogP contribution in [0, 0.1) is 11.8 Å². The number of carboxylic acids is 1. The van der Waals surface area contributed by atoms with E-state index in [2.05, 4.69) is 15.3 Å². The number of β-lactam (4-membered cyclic amide) rings is 1. The first-order chi connectivity index (χ1) is 13.0. The second kappa shape index (κ2) is 6.77. The second-order valence-electron chi connectivity index (χ2n) is 7.29. The van der Waals surface area contributed by atoms with E-state index in [9.17, 15) is 19.8 Å². The molecule has 4 atom stereocenters. The Morgan fingerprint density at radius 2 is 2.26 bits per heavy atom. The van der Waals surface area contributed by atoms with Gasteiger partial charge >= 0.3 is 5.97 Å². The van der Waals surface area contributed by atoms with Crippen LogP contribution in [0.5, 0.6) is 0 Å². The van der Waals surface area contributed by atoms with Crippen LogP contribution in [0.25, 0.3) is 0 Å². The molecule has 27 heavy (non-hydrogen) atoms. The van der Waals surface area contributed by atoms with Crippen molar-refractivity contribution >= 4 is 17.7 Å². The van der Waals surface area contributed by atoms with Crippen LogP contribution >= 0.6 is 0 Å². The number of hydrogen-bond acceptors (Lipinski definition) is 6. The van der Waals surface area contributed by atoms with Crippen molar-refractivity contribution in [3.63, 3.8) is 0 Å². The summed E-state index contributed by atoms with van der Waals surface area (Å²) >= 11 is 0. The lowest BCUT2D eigenvalue weighted by Crippen LogP contribution is -2.61. The molecule has 0 bridgehead atoms. The van der Waals surface area contributed by atoms with Gasteiger partial charge in [0, 0.05) is 37.3 Å². The van der Waals surface area contributed by atoms with Crippen LogP contribution in [0.1, 0.15) is 19.0 Å². The number of fused-ring (bicyclic) bond motifs is 1. The summed E-state index contributed by atoms with van der Waals surface area (Å²) in [5.41, 5.74) is 1.75. The molecule has 8 heteroatoms. The summed E-state index contributed by atoms with van der Waals surface area (Å²) in [6.45, 7) is 2.63. The van der Waals surface area contributed by atoms with Crippen LogP contribution in [0.3, 0.4) is 0 Å². The number of aliphatic hydroxyl groups excluding tert-OH is 1. The number of carbonyl (C=O) groups is 2. The Kier molecular flexibility index (Phi) is 4.43. The summed E-state index contributed by atoms with van der Waals surface area (Å²) in [7, 11) is 0. The van der Waals surface area contributed by atoms with Crippen LogP contribution in [0.4, 0.5) is 0 Å².